The lowest BCUT2D eigenvalue weighted by molar-refractivity contribution is 0.216. The van der Waals surface area contributed by atoms with Crippen LogP contribution in [-0.2, 0) is 13.0 Å². The summed E-state index contributed by atoms with van der Waals surface area (Å²) in [6.07, 6.45) is 4.79. The number of rotatable bonds is 2. The molecule has 2 heteroatoms. The van der Waals surface area contributed by atoms with Crippen LogP contribution in [0.1, 0.15) is 28.3 Å². The molecule has 0 saturated carbocycles. The van der Waals surface area contributed by atoms with Crippen molar-refractivity contribution >= 4 is 0 Å². The summed E-state index contributed by atoms with van der Waals surface area (Å²) in [6, 6.07) is 23.2. The van der Waals surface area contributed by atoms with Crippen LogP contribution in [0.4, 0.5) is 0 Å². The zero-order chi connectivity index (χ0) is 16.9. The standard InChI is InChI=1S/C23H20N2/c1-2-6-19(7-3-1)10-11-23-22-9-5-4-8-21(22)14-17-25(23)18-20-12-15-24-16-13-20/h1-9,12-13,15-16,23H,14,17-18H2/t23-/m0/s1. The van der Waals surface area contributed by atoms with E-state index in [1.54, 1.807) is 0 Å². The number of benzene rings is 2. The monoisotopic (exact) mass is 324 g/mol. The molecular formula is C23H20N2. The Bertz CT molecular complexity index is 891. The predicted octanol–water partition coefficient (Wildman–Crippen LogP) is 4.23. The molecule has 0 amide bonds. The fourth-order valence-corrected chi connectivity index (χ4v) is 3.35. The van der Waals surface area contributed by atoms with Gasteiger partial charge in [-0.3, -0.25) is 9.88 Å². The molecule has 0 aliphatic carbocycles. The first-order valence-corrected chi connectivity index (χ1v) is 8.67. The molecule has 0 saturated heterocycles. The third-order valence-corrected chi connectivity index (χ3v) is 4.65. The maximum Gasteiger partial charge on any atom is 0.0980 e. The van der Waals surface area contributed by atoms with Crippen LogP contribution < -0.4 is 0 Å². The Balaban J connectivity index is 1.67. The van der Waals surface area contributed by atoms with E-state index in [9.17, 15) is 0 Å². The summed E-state index contributed by atoms with van der Waals surface area (Å²) in [4.78, 5) is 6.59. The fourth-order valence-electron chi connectivity index (χ4n) is 3.35. The van der Waals surface area contributed by atoms with Gasteiger partial charge in [-0.15, -0.1) is 0 Å². The molecule has 0 N–H and O–H groups in total. The first-order valence-electron chi connectivity index (χ1n) is 8.67. The van der Waals surface area contributed by atoms with Gasteiger partial charge in [0.05, 0.1) is 6.04 Å². The Morgan fingerprint density at radius 2 is 1.68 bits per heavy atom. The van der Waals surface area contributed by atoms with Crippen molar-refractivity contribution in [2.45, 2.75) is 19.0 Å². The van der Waals surface area contributed by atoms with Gasteiger partial charge in [-0.2, -0.15) is 0 Å². The van der Waals surface area contributed by atoms with Crippen LogP contribution in [0.3, 0.4) is 0 Å². The lowest BCUT2D eigenvalue weighted by Crippen LogP contribution is -2.34. The normalized spacial score (nSPS) is 16.6. The average Bonchev–Trinajstić information content (AvgIpc) is 2.68. The lowest BCUT2D eigenvalue weighted by Gasteiger charge is -2.34. The smallest absolute Gasteiger partial charge is 0.0980 e. The minimum Gasteiger partial charge on any atom is -0.281 e. The maximum absolute atomic E-state index is 4.12. The molecule has 0 fully saturated rings. The largest absolute Gasteiger partial charge is 0.281 e. The first-order chi connectivity index (χ1) is 12.4. The molecule has 0 bridgehead atoms. The van der Waals surface area contributed by atoms with Gasteiger partial charge in [-0.05, 0) is 47.4 Å². The minimum atomic E-state index is 0.123. The van der Waals surface area contributed by atoms with Crippen LogP contribution in [0.15, 0.2) is 79.1 Å². The highest BCUT2D eigenvalue weighted by Gasteiger charge is 2.25. The average molecular weight is 324 g/mol. The molecular weight excluding hydrogens is 304 g/mol. The first kappa shape index (κ1) is 15.6. The Kier molecular flexibility index (Phi) is 4.59. The Morgan fingerprint density at radius 1 is 0.920 bits per heavy atom. The van der Waals surface area contributed by atoms with Crippen LogP contribution in [0.25, 0.3) is 0 Å². The molecule has 0 unspecified atom stereocenters. The van der Waals surface area contributed by atoms with E-state index in [1.165, 1.54) is 16.7 Å². The third kappa shape index (κ3) is 3.63. The van der Waals surface area contributed by atoms with Gasteiger partial charge in [0.15, 0.2) is 0 Å². The molecule has 0 radical (unpaired) electrons. The maximum atomic E-state index is 4.12. The zero-order valence-electron chi connectivity index (χ0n) is 14.1. The predicted molar refractivity (Wildman–Crippen MR) is 101 cm³/mol. The molecule has 2 aromatic carbocycles. The van der Waals surface area contributed by atoms with Crippen molar-refractivity contribution in [1.82, 2.24) is 9.88 Å². The van der Waals surface area contributed by atoms with Crippen molar-refractivity contribution < 1.29 is 0 Å². The molecule has 2 nitrogen and oxygen atoms in total. The highest BCUT2D eigenvalue weighted by atomic mass is 15.2. The van der Waals surface area contributed by atoms with E-state index < -0.39 is 0 Å². The van der Waals surface area contributed by atoms with Crippen molar-refractivity contribution in [3.8, 4) is 11.8 Å². The highest BCUT2D eigenvalue weighted by Crippen LogP contribution is 2.30. The van der Waals surface area contributed by atoms with Crippen molar-refractivity contribution in [2.75, 3.05) is 6.54 Å². The van der Waals surface area contributed by atoms with Gasteiger partial charge in [0.2, 0.25) is 0 Å². The molecule has 0 spiro atoms. The van der Waals surface area contributed by atoms with Gasteiger partial charge in [0.25, 0.3) is 0 Å². The zero-order valence-corrected chi connectivity index (χ0v) is 14.1. The van der Waals surface area contributed by atoms with E-state index in [4.69, 9.17) is 0 Å². The number of fused-ring (bicyclic) bond motifs is 1. The summed E-state index contributed by atoms with van der Waals surface area (Å²) >= 11 is 0. The van der Waals surface area contributed by atoms with E-state index in [0.29, 0.717) is 0 Å². The summed E-state index contributed by atoms with van der Waals surface area (Å²) < 4.78 is 0. The molecule has 122 valence electrons. The molecule has 2 heterocycles. The van der Waals surface area contributed by atoms with Crippen molar-refractivity contribution in [3.63, 3.8) is 0 Å². The second-order valence-corrected chi connectivity index (χ2v) is 6.31. The summed E-state index contributed by atoms with van der Waals surface area (Å²) in [5.74, 6) is 6.89. The lowest BCUT2D eigenvalue weighted by atomic mass is 9.92. The van der Waals surface area contributed by atoms with Gasteiger partial charge < -0.3 is 0 Å². The molecule has 1 aliphatic heterocycles. The summed E-state index contributed by atoms with van der Waals surface area (Å²) in [5.41, 5.74) is 5.10. The number of aromatic nitrogens is 1. The third-order valence-electron chi connectivity index (χ3n) is 4.65. The van der Waals surface area contributed by atoms with Gasteiger partial charge >= 0.3 is 0 Å². The van der Waals surface area contributed by atoms with Crippen LogP contribution in [0.2, 0.25) is 0 Å². The van der Waals surface area contributed by atoms with Gasteiger partial charge in [0.1, 0.15) is 0 Å². The Hall–Kier alpha value is -2.89. The SMILES string of the molecule is C(#C[C@H]1c2ccccc2CCN1Cc1ccncc1)c1ccccc1. The molecule has 25 heavy (non-hydrogen) atoms. The van der Waals surface area contributed by atoms with Crippen LogP contribution in [-0.4, -0.2) is 16.4 Å². The number of pyridine rings is 1. The van der Waals surface area contributed by atoms with Crippen molar-refractivity contribution in [1.29, 1.82) is 0 Å². The Labute approximate surface area is 149 Å². The number of nitrogens with zero attached hydrogens (tertiary/aromatic N) is 2. The quantitative estimate of drug-likeness (QED) is 0.656. The topological polar surface area (TPSA) is 16.1 Å². The Morgan fingerprint density at radius 3 is 2.52 bits per heavy atom. The van der Waals surface area contributed by atoms with E-state index >= 15 is 0 Å². The number of hydrogen-bond donors (Lipinski definition) is 0. The molecule has 4 rings (SSSR count). The second kappa shape index (κ2) is 7.34. The summed E-state index contributed by atoms with van der Waals surface area (Å²) in [5, 5.41) is 0. The fraction of sp³-hybridized carbons (Fsp3) is 0.174. The van der Waals surface area contributed by atoms with Gasteiger partial charge in [-0.25, -0.2) is 0 Å². The second-order valence-electron chi connectivity index (χ2n) is 6.31. The van der Waals surface area contributed by atoms with E-state index in [2.05, 4.69) is 70.3 Å². The van der Waals surface area contributed by atoms with Crippen LogP contribution in [0.5, 0.6) is 0 Å². The molecule has 1 aliphatic rings. The summed E-state index contributed by atoms with van der Waals surface area (Å²) in [7, 11) is 0. The van der Waals surface area contributed by atoms with Crippen LogP contribution in [0, 0.1) is 11.8 Å². The van der Waals surface area contributed by atoms with Crippen molar-refractivity contribution in [2.24, 2.45) is 0 Å². The van der Waals surface area contributed by atoms with Crippen LogP contribution >= 0.6 is 0 Å². The molecule has 3 aromatic rings. The van der Waals surface area contributed by atoms with E-state index in [1.807, 2.05) is 30.6 Å². The van der Waals surface area contributed by atoms with Gasteiger partial charge in [-0.1, -0.05) is 54.3 Å². The minimum absolute atomic E-state index is 0.123. The van der Waals surface area contributed by atoms with E-state index in [-0.39, 0.29) is 6.04 Å². The number of hydrogen-bond acceptors (Lipinski definition) is 2. The summed E-state index contributed by atoms with van der Waals surface area (Å²) in [6.45, 7) is 1.92. The van der Waals surface area contributed by atoms with Crippen molar-refractivity contribution in [3.05, 3.63) is 101 Å². The van der Waals surface area contributed by atoms with Gasteiger partial charge in [0, 0.05) is 31.0 Å². The molecule has 1 aromatic heterocycles. The van der Waals surface area contributed by atoms with E-state index in [0.717, 1.165) is 25.1 Å². The molecule has 1 atom stereocenters. The highest BCUT2D eigenvalue weighted by molar-refractivity contribution is 5.41.